The Morgan fingerprint density at radius 3 is 1.51 bits per heavy atom. The normalized spacial score (nSPS) is 15.4. The van der Waals surface area contributed by atoms with Crippen molar-refractivity contribution in [1.82, 2.24) is 5.32 Å². The van der Waals surface area contributed by atoms with Crippen LogP contribution in [0.2, 0.25) is 0 Å². The number of esters is 2. The molecular formula is C51H96NO10P. The minimum atomic E-state index is -4.58. The minimum Gasteiger partial charge on any atom is -0.462 e. The first-order chi connectivity index (χ1) is 30.4. The van der Waals surface area contributed by atoms with Crippen LogP contribution >= 0.6 is 7.82 Å². The van der Waals surface area contributed by atoms with E-state index >= 15 is 0 Å². The number of phosphoric acid groups is 1. The molecule has 1 saturated carbocycles. The van der Waals surface area contributed by atoms with Gasteiger partial charge in [0, 0.05) is 38.6 Å². The van der Waals surface area contributed by atoms with Crippen LogP contribution in [0.5, 0.6) is 0 Å². The lowest BCUT2D eigenvalue weighted by atomic mass is 9.72. The maximum Gasteiger partial charge on any atom is 0.472 e. The molecule has 370 valence electrons. The fourth-order valence-corrected chi connectivity index (χ4v) is 9.13. The Kier molecular flexibility index (Phi) is 37.0. The van der Waals surface area contributed by atoms with Crippen LogP contribution in [0, 0.1) is 11.3 Å². The van der Waals surface area contributed by atoms with Crippen molar-refractivity contribution < 1.29 is 47.2 Å². The first-order valence-electron chi connectivity index (χ1n) is 26.1. The monoisotopic (exact) mass is 914 g/mol. The van der Waals surface area contributed by atoms with Gasteiger partial charge in [0.2, 0.25) is 5.91 Å². The van der Waals surface area contributed by atoms with Crippen molar-refractivity contribution >= 4 is 31.5 Å². The highest BCUT2D eigenvalue weighted by atomic mass is 31.2. The van der Waals surface area contributed by atoms with Crippen LogP contribution in [-0.2, 0) is 42.3 Å². The van der Waals surface area contributed by atoms with E-state index in [1.165, 1.54) is 116 Å². The number of Topliss-reactive ketones (excluding diaryl/α,β-unsaturated/α-hetero) is 1. The van der Waals surface area contributed by atoms with Crippen molar-refractivity contribution in [3.05, 3.63) is 0 Å². The van der Waals surface area contributed by atoms with Crippen LogP contribution in [0.25, 0.3) is 0 Å². The number of nitrogens with one attached hydrogen (secondary N) is 1. The fourth-order valence-electron chi connectivity index (χ4n) is 8.38. The molecule has 0 aromatic carbocycles. The average Bonchev–Trinajstić information content (AvgIpc) is 3.24. The number of carbonyl (C=O) groups excluding carboxylic acids is 4. The highest BCUT2D eigenvalue weighted by molar-refractivity contribution is 7.47. The average molecular weight is 914 g/mol. The molecule has 0 bridgehead atoms. The number of hydrogen-bond acceptors (Lipinski definition) is 9. The number of phosphoric ester groups is 1. The summed E-state index contributed by atoms with van der Waals surface area (Å²) in [7, 11) is -4.58. The van der Waals surface area contributed by atoms with E-state index in [0.29, 0.717) is 43.4 Å². The van der Waals surface area contributed by atoms with Crippen LogP contribution in [0.4, 0.5) is 0 Å². The highest BCUT2D eigenvalue weighted by Crippen LogP contribution is 2.43. The second-order valence-electron chi connectivity index (χ2n) is 19.4. The molecule has 0 aromatic rings. The van der Waals surface area contributed by atoms with E-state index in [0.717, 1.165) is 64.2 Å². The quantitative estimate of drug-likeness (QED) is 0.0343. The molecular weight excluding hydrogens is 818 g/mol. The molecule has 0 aromatic heterocycles. The SMILES string of the molecule is CCCCCCCCCCCCCCCC(=O)OCC(COP(=O)(O)OCCNC(=O)CCCC(=O)CC1CCC(C)(C)CC1)OC(=O)CCCCCCCCCCCCCCC. The summed E-state index contributed by atoms with van der Waals surface area (Å²) >= 11 is 0. The van der Waals surface area contributed by atoms with Crippen molar-refractivity contribution in [2.45, 2.75) is 265 Å². The van der Waals surface area contributed by atoms with Gasteiger partial charge in [-0.15, -0.1) is 0 Å². The van der Waals surface area contributed by atoms with Gasteiger partial charge in [-0.25, -0.2) is 4.57 Å². The van der Waals surface area contributed by atoms with E-state index in [2.05, 4.69) is 33.0 Å². The molecule has 1 amide bonds. The molecule has 12 heteroatoms. The van der Waals surface area contributed by atoms with Crippen LogP contribution in [-0.4, -0.2) is 61.0 Å². The topological polar surface area (TPSA) is 155 Å². The summed E-state index contributed by atoms with van der Waals surface area (Å²) in [5.74, 6) is -0.515. The molecule has 2 N–H and O–H groups in total. The zero-order chi connectivity index (χ0) is 46.3. The van der Waals surface area contributed by atoms with E-state index in [1.54, 1.807) is 0 Å². The van der Waals surface area contributed by atoms with E-state index in [-0.39, 0.29) is 50.7 Å². The predicted octanol–water partition coefficient (Wildman–Crippen LogP) is 14.0. The molecule has 1 rings (SSSR count). The Morgan fingerprint density at radius 2 is 1.03 bits per heavy atom. The molecule has 0 saturated heterocycles. The maximum atomic E-state index is 12.8. The number of unbranched alkanes of at least 4 members (excludes halogenated alkanes) is 24. The number of rotatable bonds is 44. The van der Waals surface area contributed by atoms with E-state index < -0.39 is 32.5 Å². The second-order valence-corrected chi connectivity index (χ2v) is 20.9. The van der Waals surface area contributed by atoms with Crippen molar-refractivity contribution in [2.24, 2.45) is 11.3 Å². The van der Waals surface area contributed by atoms with Crippen molar-refractivity contribution in [3.8, 4) is 0 Å². The fraction of sp³-hybridized carbons (Fsp3) is 0.922. The Bertz CT molecular complexity index is 1200. The molecule has 1 aliphatic rings. The summed E-state index contributed by atoms with van der Waals surface area (Å²) in [5.41, 5.74) is 0.362. The third-order valence-corrected chi connectivity index (χ3v) is 13.6. The van der Waals surface area contributed by atoms with Crippen LogP contribution in [0.3, 0.4) is 0 Å². The third-order valence-electron chi connectivity index (χ3n) is 12.6. The summed E-state index contributed by atoms with van der Waals surface area (Å²) in [4.78, 5) is 60.5. The van der Waals surface area contributed by atoms with Gasteiger partial charge < -0.3 is 19.7 Å². The molecule has 0 spiro atoms. The summed E-state index contributed by atoms with van der Waals surface area (Å²) in [6.07, 6.45) is 36.6. The van der Waals surface area contributed by atoms with Gasteiger partial charge in [0.05, 0.1) is 13.2 Å². The zero-order valence-electron chi connectivity index (χ0n) is 41.0. The van der Waals surface area contributed by atoms with E-state index in [1.807, 2.05) is 0 Å². The summed E-state index contributed by atoms with van der Waals surface area (Å²) in [6, 6.07) is 0. The van der Waals surface area contributed by atoms with Crippen LogP contribution < -0.4 is 5.32 Å². The molecule has 2 atom stereocenters. The standard InChI is InChI=1S/C51H96NO10P/c1-5-7-9-11-13-15-17-19-21-23-25-27-29-34-49(55)59-43-47(62-50(56)35-30-28-26-24-22-20-18-16-14-12-10-8-6-2)44-61-63(57,58)60-41-40-52-48(54)33-31-32-46(53)42-45-36-38-51(3,4)39-37-45/h45,47H,5-44H2,1-4H3,(H,52,54)(H,57,58). The van der Waals surface area contributed by atoms with Gasteiger partial charge >= 0.3 is 19.8 Å². The van der Waals surface area contributed by atoms with Crippen LogP contribution in [0.1, 0.15) is 259 Å². The second kappa shape index (κ2) is 39.4. The maximum absolute atomic E-state index is 12.8. The van der Waals surface area contributed by atoms with Crippen LogP contribution in [0.15, 0.2) is 0 Å². The first-order valence-corrected chi connectivity index (χ1v) is 27.6. The number of ketones is 1. The Morgan fingerprint density at radius 1 is 0.587 bits per heavy atom. The minimum absolute atomic E-state index is 0.0209. The zero-order valence-corrected chi connectivity index (χ0v) is 41.9. The van der Waals surface area contributed by atoms with Gasteiger partial charge in [-0.2, -0.15) is 0 Å². The lowest BCUT2D eigenvalue weighted by Gasteiger charge is -2.34. The number of amides is 1. The summed E-state index contributed by atoms with van der Waals surface area (Å²) in [5, 5.41) is 2.65. The molecule has 2 unspecified atom stereocenters. The number of carbonyl (C=O) groups is 4. The van der Waals surface area contributed by atoms with Gasteiger partial charge in [-0.1, -0.05) is 182 Å². The number of hydrogen-bond donors (Lipinski definition) is 2. The number of ether oxygens (including phenoxy) is 2. The third kappa shape index (κ3) is 38.0. The largest absolute Gasteiger partial charge is 0.472 e. The Labute approximate surface area is 385 Å². The Hall–Kier alpha value is -1.81. The Balaban J connectivity index is 2.39. The molecule has 1 aliphatic carbocycles. The molecule has 0 radical (unpaired) electrons. The van der Waals surface area contributed by atoms with E-state index in [4.69, 9.17) is 18.5 Å². The summed E-state index contributed by atoms with van der Waals surface area (Å²) < 4.78 is 34.0. The molecule has 1 fully saturated rings. The van der Waals surface area contributed by atoms with Gasteiger partial charge in [0.15, 0.2) is 6.10 Å². The van der Waals surface area contributed by atoms with Gasteiger partial charge in [-0.05, 0) is 56.3 Å². The summed E-state index contributed by atoms with van der Waals surface area (Å²) in [6.45, 7) is 7.95. The van der Waals surface area contributed by atoms with Crippen molar-refractivity contribution in [3.63, 3.8) is 0 Å². The first kappa shape index (κ1) is 59.2. The van der Waals surface area contributed by atoms with Gasteiger partial charge in [0.1, 0.15) is 12.4 Å². The lowest BCUT2D eigenvalue weighted by Crippen LogP contribution is -2.30. The molecule has 0 aliphatic heterocycles. The molecule has 63 heavy (non-hydrogen) atoms. The molecule has 11 nitrogen and oxygen atoms in total. The highest BCUT2D eigenvalue weighted by Gasteiger charge is 2.28. The van der Waals surface area contributed by atoms with Gasteiger partial charge in [0.25, 0.3) is 0 Å². The smallest absolute Gasteiger partial charge is 0.462 e. The lowest BCUT2D eigenvalue weighted by molar-refractivity contribution is -0.161. The van der Waals surface area contributed by atoms with Crippen molar-refractivity contribution in [1.29, 1.82) is 0 Å². The van der Waals surface area contributed by atoms with Crippen molar-refractivity contribution in [2.75, 3.05) is 26.4 Å². The predicted molar refractivity (Wildman–Crippen MR) is 255 cm³/mol. The molecule has 0 heterocycles. The van der Waals surface area contributed by atoms with Gasteiger partial charge in [-0.3, -0.25) is 28.2 Å². The van der Waals surface area contributed by atoms with E-state index in [9.17, 15) is 28.6 Å².